The Morgan fingerprint density at radius 1 is 0.894 bits per heavy atom. The van der Waals surface area contributed by atoms with Crippen LogP contribution in [0.15, 0.2) is 79.3 Å². The van der Waals surface area contributed by atoms with Gasteiger partial charge in [-0.2, -0.15) is 0 Å². The minimum Gasteiger partial charge on any atom is -0.304 e. The van der Waals surface area contributed by atoms with E-state index in [0.717, 1.165) is 73.8 Å². The molecule has 0 radical (unpaired) electrons. The zero-order valence-corrected chi connectivity index (χ0v) is 29.5. The quantitative estimate of drug-likeness (QED) is 0.177. The van der Waals surface area contributed by atoms with Crippen LogP contribution in [-0.4, -0.2) is 75.0 Å². The van der Waals surface area contributed by atoms with Gasteiger partial charge < -0.3 is 14.7 Å². The number of pyridine rings is 1. The summed E-state index contributed by atoms with van der Waals surface area (Å²) in [5.41, 5.74) is 5.85. The summed E-state index contributed by atoms with van der Waals surface area (Å²) < 4.78 is 0. The van der Waals surface area contributed by atoms with Crippen molar-refractivity contribution in [3.63, 3.8) is 0 Å². The fourth-order valence-corrected chi connectivity index (χ4v) is 6.27. The van der Waals surface area contributed by atoms with Crippen LogP contribution in [0.3, 0.4) is 0 Å². The lowest BCUT2D eigenvalue weighted by molar-refractivity contribution is 0.0966. The number of nitrogens with zero attached hydrogens (tertiary/aromatic N) is 7. The predicted molar refractivity (Wildman–Crippen MR) is 193 cm³/mol. The van der Waals surface area contributed by atoms with E-state index in [1.807, 2.05) is 47.6 Å². The Hall–Kier alpha value is -4.14. The SMILES string of the molecule is CCC(C)(CC)N(c1nccc(-c2cccnc2)n1)c1cc(N(C(=O)c2ccc(CN3CCN(C)CC3)cc2)C(C)(C)C)ccc1C. The highest BCUT2D eigenvalue weighted by atomic mass is 16.2. The minimum atomic E-state index is -0.470. The first-order valence-electron chi connectivity index (χ1n) is 16.9. The van der Waals surface area contributed by atoms with Gasteiger partial charge >= 0.3 is 0 Å². The highest BCUT2D eigenvalue weighted by molar-refractivity contribution is 6.07. The first kappa shape index (κ1) is 34.2. The highest BCUT2D eigenvalue weighted by Crippen LogP contribution is 2.40. The summed E-state index contributed by atoms with van der Waals surface area (Å²) in [5.74, 6) is 0.607. The Balaban J connectivity index is 1.52. The number of anilines is 3. The summed E-state index contributed by atoms with van der Waals surface area (Å²) in [6, 6.07) is 20.4. The van der Waals surface area contributed by atoms with Gasteiger partial charge in [0.1, 0.15) is 0 Å². The average molecular weight is 634 g/mol. The molecule has 8 heteroatoms. The van der Waals surface area contributed by atoms with Crippen LogP contribution in [0.5, 0.6) is 0 Å². The van der Waals surface area contributed by atoms with Gasteiger partial charge in [-0.05, 0) is 108 Å². The molecule has 0 atom stereocenters. The third kappa shape index (κ3) is 7.71. The standard InChI is InChI=1S/C39H51N7O/c1-9-39(7,10-2)46(37-41-21-19-34(42-37)32-12-11-20-40-27-32)35-26-33(18-13-29(35)3)45(38(4,5)6)36(47)31-16-14-30(15-17-31)28-44-24-22-43(8)23-25-44/h11-21,26-27H,9-10,22-25,28H2,1-8H3. The van der Waals surface area contributed by atoms with Crippen LogP contribution in [0.25, 0.3) is 11.3 Å². The second-order valence-electron chi connectivity index (χ2n) is 14.1. The number of likely N-dealkylation sites (N-methyl/N-ethyl adjacent to an activating group) is 1. The van der Waals surface area contributed by atoms with E-state index in [-0.39, 0.29) is 11.4 Å². The van der Waals surface area contributed by atoms with E-state index in [4.69, 9.17) is 9.97 Å². The van der Waals surface area contributed by atoms with Gasteiger partial charge in [-0.15, -0.1) is 0 Å². The van der Waals surface area contributed by atoms with Gasteiger partial charge in [-0.25, -0.2) is 9.97 Å². The number of hydrogen-bond donors (Lipinski definition) is 0. The van der Waals surface area contributed by atoms with Crippen molar-refractivity contribution in [2.45, 2.75) is 78.9 Å². The molecular formula is C39H51N7O. The maximum absolute atomic E-state index is 14.3. The third-order valence-electron chi connectivity index (χ3n) is 9.63. The van der Waals surface area contributed by atoms with E-state index >= 15 is 0 Å². The molecule has 1 fully saturated rings. The Labute approximate surface area is 281 Å². The van der Waals surface area contributed by atoms with Gasteiger partial charge in [0, 0.05) is 84.9 Å². The largest absolute Gasteiger partial charge is 0.304 e. The number of hydrogen-bond acceptors (Lipinski definition) is 7. The van der Waals surface area contributed by atoms with E-state index < -0.39 is 5.54 Å². The normalized spacial score (nSPS) is 14.6. The second-order valence-corrected chi connectivity index (χ2v) is 14.1. The molecule has 8 nitrogen and oxygen atoms in total. The summed E-state index contributed by atoms with van der Waals surface area (Å²) in [7, 11) is 2.18. The molecule has 2 aromatic heterocycles. The van der Waals surface area contributed by atoms with Crippen LogP contribution < -0.4 is 9.80 Å². The second kappa shape index (κ2) is 14.3. The number of aryl methyl sites for hydroxylation is 1. The molecule has 0 aliphatic carbocycles. The van der Waals surface area contributed by atoms with Gasteiger partial charge in [0.15, 0.2) is 0 Å². The van der Waals surface area contributed by atoms with Crippen molar-refractivity contribution in [1.82, 2.24) is 24.8 Å². The molecule has 3 heterocycles. The minimum absolute atomic E-state index is 0.0198. The van der Waals surface area contributed by atoms with Gasteiger partial charge in [0.25, 0.3) is 5.91 Å². The molecule has 1 aliphatic rings. The molecule has 4 aromatic rings. The third-order valence-corrected chi connectivity index (χ3v) is 9.63. The van der Waals surface area contributed by atoms with E-state index in [9.17, 15) is 4.79 Å². The first-order chi connectivity index (χ1) is 22.4. The average Bonchev–Trinajstić information content (AvgIpc) is 3.07. The molecule has 248 valence electrons. The number of benzene rings is 2. The molecule has 1 aliphatic heterocycles. The van der Waals surface area contributed by atoms with Crippen molar-refractivity contribution in [2.75, 3.05) is 43.0 Å². The Bertz CT molecular complexity index is 1640. The molecule has 1 amide bonds. The summed E-state index contributed by atoms with van der Waals surface area (Å²) in [4.78, 5) is 37.6. The monoisotopic (exact) mass is 633 g/mol. The molecule has 0 bridgehead atoms. The Kier molecular flexibility index (Phi) is 10.4. The lowest BCUT2D eigenvalue weighted by Crippen LogP contribution is -2.46. The lowest BCUT2D eigenvalue weighted by atomic mass is 9.91. The fraction of sp³-hybridized carbons (Fsp3) is 0.436. The van der Waals surface area contributed by atoms with Crippen LogP contribution in [0.1, 0.15) is 75.9 Å². The van der Waals surface area contributed by atoms with Gasteiger partial charge in [0.05, 0.1) is 5.69 Å². The van der Waals surface area contributed by atoms with Crippen LogP contribution in [0, 0.1) is 6.92 Å². The lowest BCUT2D eigenvalue weighted by Gasteiger charge is -2.42. The zero-order valence-electron chi connectivity index (χ0n) is 29.5. The van der Waals surface area contributed by atoms with Gasteiger partial charge in [-0.3, -0.25) is 14.7 Å². The number of carbonyl (C=O) groups is 1. The van der Waals surface area contributed by atoms with Crippen molar-refractivity contribution in [3.8, 4) is 11.3 Å². The van der Waals surface area contributed by atoms with E-state index in [1.54, 1.807) is 6.20 Å². The molecule has 47 heavy (non-hydrogen) atoms. The van der Waals surface area contributed by atoms with Crippen LogP contribution in [0.2, 0.25) is 0 Å². The molecule has 1 saturated heterocycles. The maximum Gasteiger partial charge on any atom is 0.258 e. The summed E-state index contributed by atoms with van der Waals surface area (Å²) in [6.07, 6.45) is 7.18. The van der Waals surface area contributed by atoms with Gasteiger partial charge in [0.2, 0.25) is 5.95 Å². The Morgan fingerprint density at radius 2 is 1.60 bits per heavy atom. The predicted octanol–water partition coefficient (Wildman–Crippen LogP) is 7.76. The van der Waals surface area contributed by atoms with Crippen molar-refractivity contribution in [3.05, 3.63) is 95.9 Å². The number of amides is 1. The van der Waals surface area contributed by atoms with Crippen LogP contribution in [-0.2, 0) is 6.54 Å². The molecular weight excluding hydrogens is 582 g/mol. The summed E-state index contributed by atoms with van der Waals surface area (Å²) in [6.45, 7) is 20.3. The maximum atomic E-state index is 14.3. The van der Waals surface area contributed by atoms with Crippen molar-refractivity contribution >= 4 is 23.2 Å². The highest BCUT2D eigenvalue weighted by Gasteiger charge is 2.35. The number of aromatic nitrogens is 3. The first-order valence-corrected chi connectivity index (χ1v) is 16.9. The van der Waals surface area contributed by atoms with E-state index in [2.05, 4.69) is 106 Å². The summed E-state index contributed by atoms with van der Waals surface area (Å²) >= 11 is 0. The fourth-order valence-electron chi connectivity index (χ4n) is 6.27. The number of carbonyl (C=O) groups excluding carboxylic acids is 1. The van der Waals surface area contributed by atoms with E-state index in [0.29, 0.717) is 11.5 Å². The Morgan fingerprint density at radius 3 is 2.21 bits per heavy atom. The van der Waals surface area contributed by atoms with Crippen molar-refractivity contribution in [2.24, 2.45) is 0 Å². The zero-order chi connectivity index (χ0) is 33.8. The van der Waals surface area contributed by atoms with Crippen LogP contribution in [0.4, 0.5) is 17.3 Å². The van der Waals surface area contributed by atoms with Crippen molar-refractivity contribution < 1.29 is 4.79 Å². The van der Waals surface area contributed by atoms with Gasteiger partial charge in [-0.1, -0.05) is 32.0 Å². The topological polar surface area (TPSA) is 68.7 Å². The van der Waals surface area contributed by atoms with Crippen molar-refractivity contribution in [1.29, 1.82) is 0 Å². The molecule has 0 saturated carbocycles. The van der Waals surface area contributed by atoms with Crippen LogP contribution >= 0.6 is 0 Å². The molecule has 0 N–H and O–H groups in total. The number of piperazine rings is 1. The molecule has 0 unspecified atom stereocenters. The number of rotatable bonds is 10. The molecule has 0 spiro atoms. The van der Waals surface area contributed by atoms with E-state index in [1.165, 1.54) is 5.56 Å². The molecule has 2 aromatic carbocycles. The smallest absolute Gasteiger partial charge is 0.258 e. The summed E-state index contributed by atoms with van der Waals surface area (Å²) in [5, 5.41) is 0. The molecule has 5 rings (SSSR count).